The van der Waals surface area contributed by atoms with Crippen LogP contribution in [0.5, 0.6) is 0 Å². The number of carbonyl (C=O) groups excluding carboxylic acids is 2. The van der Waals surface area contributed by atoms with Gasteiger partial charge in [-0.1, -0.05) is 34.8 Å². The molecule has 0 bridgehead atoms. The fourth-order valence-corrected chi connectivity index (χ4v) is 4.45. The number of halogens is 3. The zero-order valence-electron chi connectivity index (χ0n) is 25.6. The number of nitrogens with one attached hydrogen (secondary N) is 3. The highest BCUT2D eigenvalue weighted by molar-refractivity contribution is 6.32. The number of alkyl carbamates (subject to hydrolysis) is 2. The Morgan fingerprint density at radius 1 is 0.744 bits per heavy atom. The van der Waals surface area contributed by atoms with Gasteiger partial charge in [-0.3, -0.25) is 9.97 Å². The van der Waals surface area contributed by atoms with Gasteiger partial charge in [-0.15, -0.1) is 0 Å². The molecule has 240 valence electrons. The summed E-state index contributed by atoms with van der Waals surface area (Å²) in [7, 11) is 0. The second-order valence-electron chi connectivity index (χ2n) is 11.9. The van der Waals surface area contributed by atoms with E-state index in [1.807, 2.05) is 41.5 Å². The van der Waals surface area contributed by atoms with Crippen LogP contribution in [-0.2, 0) is 9.47 Å². The third kappa shape index (κ3) is 16.7. The van der Waals surface area contributed by atoms with E-state index in [9.17, 15) is 9.59 Å². The van der Waals surface area contributed by atoms with Crippen LogP contribution < -0.4 is 20.9 Å². The number of nitrogens with zero attached hydrogens (tertiary/aromatic N) is 5. The third-order valence-electron chi connectivity index (χ3n) is 5.77. The van der Waals surface area contributed by atoms with E-state index >= 15 is 0 Å². The SMILES string of the molecule is CC(C)(C)OC(=O)NC1CCN(c2cncc(Cl)n2)CC1.CC(C)(C)OC(=O)NC1CCNCC1.Clc1cncc(Cl)n1. The van der Waals surface area contributed by atoms with Crippen molar-refractivity contribution < 1.29 is 19.1 Å². The lowest BCUT2D eigenvalue weighted by Crippen LogP contribution is -2.46. The normalized spacial score (nSPS) is 16.1. The summed E-state index contributed by atoms with van der Waals surface area (Å²) in [5.41, 5.74) is -0.877. The average molecular weight is 662 g/mol. The summed E-state index contributed by atoms with van der Waals surface area (Å²) >= 11 is 16.6. The fraction of sp³-hybridized carbons (Fsp3) is 0.643. The van der Waals surface area contributed by atoms with Crippen LogP contribution in [0, 0.1) is 0 Å². The minimum absolute atomic E-state index is 0.128. The molecule has 0 atom stereocenters. The first-order valence-electron chi connectivity index (χ1n) is 14.1. The summed E-state index contributed by atoms with van der Waals surface area (Å²) in [6, 6.07) is 0.398. The monoisotopic (exact) mass is 660 g/mol. The molecule has 2 aromatic rings. The maximum Gasteiger partial charge on any atom is 0.407 e. The lowest BCUT2D eigenvalue weighted by atomic mass is 10.1. The van der Waals surface area contributed by atoms with E-state index < -0.39 is 11.2 Å². The van der Waals surface area contributed by atoms with Crippen molar-refractivity contribution >= 4 is 52.8 Å². The van der Waals surface area contributed by atoms with Crippen molar-refractivity contribution in [3.63, 3.8) is 0 Å². The highest BCUT2D eigenvalue weighted by Gasteiger charge is 2.24. The van der Waals surface area contributed by atoms with Gasteiger partial charge in [0.25, 0.3) is 0 Å². The zero-order chi connectivity index (χ0) is 32.0. The highest BCUT2D eigenvalue weighted by atomic mass is 35.5. The van der Waals surface area contributed by atoms with Gasteiger partial charge in [0.2, 0.25) is 0 Å². The predicted molar refractivity (Wildman–Crippen MR) is 169 cm³/mol. The number of carbonyl (C=O) groups is 2. The smallest absolute Gasteiger partial charge is 0.407 e. The molecule has 43 heavy (non-hydrogen) atoms. The van der Waals surface area contributed by atoms with Crippen LogP contribution in [0.2, 0.25) is 15.5 Å². The predicted octanol–water partition coefficient (Wildman–Crippen LogP) is 5.67. The van der Waals surface area contributed by atoms with Gasteiger partial charge in [0.05, 0.1) is 24.8 Å². The Morgan fingerprint density at radius 3 is 1.56 bits per heavy atom. The quantitative estimate of drug-likeness (QED) is 0.376. The summed E-state index contributed by atoms with van der Waals surface area (Å²) in [4.78, 5) is 40.8. The molecule has 2 saturated heterocycles. The summed E-state index contributed by atoms with van der Waals surface area (Å²) < 4.78 is 10.4. The van der Waals surface area contributed by atoms with E-state index in [0.29, 0.717) is 15.5 Å². The Bertz CT molecular complexity index is 1130. The topological polar surface area (TPSA) is 143 Å². The molecule has 0 aromatic carbocycles. The molecule has 3 N–H and O–H groups in total. The molecule has 4 heterocycles. The van der Waals surface area contributed by atoms with Crippen LogP contribution in [0.15, 0.2) is 24.8 Å². The number of anilines is 1. The van der Waals surface area contributed by atoms with E-state index in [4.69, 9.17) is 44.3 Å². The van der Waals surface area contributed by atoms with Crippen molar-refractivity contribution in [2.45, 2.75) is 90.5 Å². The lowest BCUT2D eigenvalue weighted by Gasteiger charge is -2.33. The molecule has 0 radical (unpaired) electrons. The molecular formula is C28H43Cl3N8O4. The first-order valence-corrected chi connectivity index (χ1v) is 15.3. The Morgan fingerprint density at radius 2 is 1.16 bits per heavy atom. The molecule has 12 nitrogen and oxygen atoms in total. The van der Waals surface area contributed by atoms with Gasteiger partial charge in [-0.05, 0) is 80.3 Å². The van der Waals surface area contributed by atoms with E-state index in [0.717, 1.165) is 57.7 Å². The van der Waals surface area contributed by atoms with Gasteiger partial charge in [0.15, 0.2) is 0 Å². The second kappa shape index (κ2) is 17.6. The Hall–Kier alpha value is -2.67. The van der Waals surface area contributed by atoms with Crippen LogP contribution in [0.25, 0.3) is 0 Å². The molecule has 2 aliphatic heterocycles. The Kier molecular flexibility index (Phi) is 14.9. The first kappa shape index (κ1) is 36.5. The zero-order valence-corrected chi connectivity index (χ0v) is 27.9. The second-order valence-corrected chi connectivity index (χ2v) is 13.1. The van der Waals surface area contributed by atoms with E-state index in [-0.39, 0.29) is 24.3 Å². The van der Waals surface area contributed by atoms with Crippen LogP contribution in [0.1, 0.15) is 67.2 Å². The Labute approximate surface area is 269 Å². The van der Waals surface area contributed by atoms with Gasteiger partial charge in [0.1, 0.15) is 32.5 Å². The largest absolute Gasteiger partial charge is 0.444 e. The molecule has 0 aliphatic carbocycles. The third-order valence-corrected chi connectivity index (χ3v) is 6.31. The van der Waals surface area contributed by atoms with Crippen molar-refractivity contribution in [1.29, 1.82) is 0 Å². The van der Waals surface area contributed by atoms with Crippen LogP contribution in [0.4, 0.5) is 15.4 Å². The fourth-order valence-electron chi connectivity index (χ4n) is 3.97. The van der Waals surface area contributed by atoms with Crippen molar-refractivity contribution in [3.8, 4) is 0 Å². The molecule has 2 aromatic heterocycles. The van der Waals surface area contributed by atoms with Crippen molar-refractivity contribution in [1.82, 2.24) is 35.9 Å². The van der Waals surface area contributed by atoms with E-state index in [1.54, 1.807) is 6.20 Å². The van der Waals surface area contributed by atoms with Gasteiger partial charge in [0, 0.05) is 25.2 Å². The molecular weight excluding hydrogens is 619 g/mol. The summed E-state index contributed by atoms with van der Waals surface area (Å²) in [6.07, 6.45) is 9.06. The lowest BCUT2D eigenvalue weighted by molar-refractivity contribution is 0.0484. The van der Waals surface area contributed by atoms with E-state index in [1.165, 1.54) is 18.6 Å². The van der Waals surface area contributed by atoms with Gasteiger partial charge >= 0.3 is 12.2 Å². The molecule has 15 heteroatoms. The molecule has 0 saturated carbocycles. The average Bonchev–Trinajstić information content (AvgIpc) is 2.88. The molecule has 2 aliphatic rings. The van der Waals surface area contributed by atoms with Crippen molar-refractivity contribution in [3.05, 3.63) is 40.2 Å². The number of amides is 2. The standard InChI is InChI=1S/C14H21ClN4O2.C10H20N2O2.C4H2Cl2N2/c1-14(2,3)21-13(20)17-10-4-6-19(7-5-10)12-9-16-8-11(15)18-12;1-10(2,3)14-9(13)12-8-4-6-11-7-5-8;5-3-1-7-2-4(6)8-3/h8-10H,4-7H2,1-3H3,(H,17,20);8,11H,4-7H2,1-3H3,(H,12,13);1-2H. The van der Waals surface area contributed by atoms with Gasteiger partial charge in [-0.25, -0.2) is 19.6 Å². The maximum absolute atomic E-state index is 11.7. The Balaban J connectivity index is 0.000000251. The number of aromatic nitrogens is 4. The number of ether oxygens (including phenoxy) is 2. The minimum Gasteiger partial charge on any atom is -0.444 e. The number of piperidine rings is 2. The van der Waals surface area contributed by atoms with Crippen molar-refractivity contribution in [2.24, 2.45) is 0 Å². The van der Waals surface area contributed by atoms with Crippen LogP contribution in [0.3, 0.4) is 0 Å². The number of hydrogen-bond acceptors (Lipinski definition) is 10. The first-order chi connectivity index (χ1) is 20.1. The summed E-state index contributed by atoms with van der Waals surface area (Å²) in [5.74, 6) is 0.776. The minimum atomic E-state index is -0.471. The summed E-state index contributed by atoms with van der Waals surface area (Å²) in [5, 5.41) is 10.1. The number of rotatable bonds is 3. The van der Waals surface area contributed by atoms with Crippen LogP contribution in [-0.4, -0.2) is 81.6 Å². The van der Waals surface area contributed by atoms with Gasteiger partial charge < -0.3 is 30.3 Å². The molecule has 4 rings (SSSR count). The summed E-state index contributed by atoms with van der Waals surface area (Å²) in [6.45, 7) is 14.7. The molecule has 2 amide bonds. The maximum atomic E-state index is 11.7. The van der Waals surface area contributed by atoms with E-state index in [2.05, 4.69) is 40.8 Å². The molecule has 2 fully saturated rings. The van der Waals surface area contributed by atoms with Gasteiger partial charge in [-0.2, -0.15) is 0 Å². The molecule has 0 spiro atoms. The van der Waals surface area contributed by atoms with Crippen molar-refractivity contribution in [2.75, 3.05) is 31.1 Å². The number of hydrogen-bond donors (Lipinski definition) is 3. The molecule has 0 unspecified atom stereocenters. The highest BCUT2D eigenvalue weighted by Crippen LogP contribution is 2.19. The van der Waals surface area contributed by atoms with Crippen LogP contribution >= 0.6 is 34.8 Å².